The number of aromatic nitrogens is 2. The lowest BCUT2D eigenvalue weighted by molar-refractivity contribution is 0.0963. The molecule has 0 N–H and O–H groups in total. The molecule has 0 bridgehead atoms. The van der Waals surface area contributed by atoms with Crippen LogP contribution in [-0.2, 0) is 0 Å². The maximum Gasteiger partial charge on any atom is 0.264 e. The van der Waals surface area contributed by atoms with Crippen LogP contribution in [0.1, 0.15) is 10.4 Å². The van der Waals surface area contributed by atoms with Gasteiger partial charge in [0.2, 0.25) is 0 Å². The minimum atomic E-state index is -0.170. The third kappa shape index (κ3) is 6.98. The van der Waals surface area contributed by atoms with Crippen molar-refractivity contribution in [2.24, 2.45) is 0 Å². The normalized spacial score (nSPS) is 11.0. The fourth-order valence-corrected chi connectivity index (χ4v) is 8.60. The maximum absolute atomic E-state index is 15.7. The quantitative estimate of drug-likeness (QED) is 0.146. The monoisotopic (exact) mass is 780 g/mol. The van der Waals surface area contributed by atoms with E-state index in [-0.39, 0.29) is 5.91 Å². The Kier molecular flexibility index (Phi) is 10.1. The van der Waals surface area contributed by atoms with E-state index in [2.05, 4.69) is 176 Å². The molecular formula is C58H40N2O. The molecule has 0 unspecified atom stereocenters. The summed E-state index contributed by atoms with van der Waals surface area (Å²) in [6.45, 7) is 0. The second-order valence-corrected chi connectivity index (χ2v) is 15.0. The zero-order chi connectivity index (χ0) is 41.0. The van der Waals surface area contributed by atoms with Crippen LogP contribution in [0.15, 0.2) is 243 Å². The van der Waals surface area contributed by atoms with Gasteiger partial charge in [-0.15, -0.1) is 0 Å². The van der Waals surface area contributed by atoms with Gasteiger partial charge in [0.1, 0.15) is 5.82 Å². The van der Waals surface area contributed by atoms with Crippen LogP contribution < -0.4 is 0 Å². The van der Waals surface area contributed by atoms with Crippen molar-refractivity contribution in [3.05, 3.63) is 248 Å². The molecule has 1 heterocycles. The summed E-state index contributed by atoms with van der Waals surface area (Å²) in [6.07, 6.45) is 0. The van der Waals surface area contributed by atoms with Gasteiger partial charge in [-0.1, -0.05) is 231 Å². The second kappa shape index (κ2) is 16.6. The summed E-state index contributed by atoms with van der Waals surface area (Å²) in [4.78, 5) is 21.5. The van der Waals surface area contributed by atoms with Crippen molar-refractivity contribution in [2.45, 2.75) is 0 Å². The van der Waals surface area contributed by atoms with Crippen molar-refractivity contribution in [1.82, 2.24) is 9.55 Å². The predicted molar refractivity (Wildman–Crippen MR) is 252 cm³/mol. The molecule has 10 aromatic rings. The first kappa shape index (κ1) is 37.2. The smallest absolute Gasteiger partial charge is 0.264 e. The molecule has 0 aliphatic rings. The number of nitrogens with zero attached hydrogens (tertiary/aromatic N) is 2. The van der Waals surface area contributed by atoms with Gasteiger partial charge in [0.15, 0.2) is 0 Å². The summed E-state index contributed by atoms with van der Waals surface area (Å²) in [5, 5.41) is 0. The first-order valence-corrected chi connectivity index (χ1v) is 20.6. The largest absolute Gasteiger partial charge is 0.268 e. The van der Waals surface area contributed by atoms with Crippen LogP contribution in [0.25, 0.3) is 89.5 Å². The molecular weight excluding hydrogens is 741 g/mol. The van der Waals surface area contributed by atoms with Crippen LogP contribution in [0.3, 0.4) is 0 Å². The summed E-state index contributed by atoms with van der Waals surface area (Å²) >= 11 is 0. The van der Waals surface area contributed by atoms with E-state index in [1.54, 1.807) is 0 Å². The highest BCUT2D eigenvalue weighted by Gasteiger charge is 2.34. The Morgan fingerprint density at radius 2 is 0.557 bits per heavy atom. The van der Waals surface area contributed by atoms with Crippen LogP contribution in [-0.4, -0.2) is 15.5 Å². The van der Waals surface area contributed by atoms with Crippen LogP contribution >= 0.6 is 0 Å². The summed E-state index contributed by atoms with van der Waals surface area (Å²) in [7, 11) is 0. The van der Waals surface area contributed by atoms with Gasteiger partial charge in [0.25, 0.3) is 5.91 Å². The van der Waals surface area contributed by atoms with Gasteiger partial charge in [-0.05, 0) is 56.6 Å². The number of carbonyl (C=O) groups is 1. The highest BCUT2D eigenvalue weighted by Crippen LogP contribution is 2.56. The molecule has 0 aliphatic carbocycles. The second-order valence-electron chi connectivity index (χ2n) is 15.0. The molecule has 1 aromatic heterocycles. The molecule has 3 heteroatoms. The number of hydrogen-bond acceptors (Lipinski definition) is 2. The zero-order valence-corrected chi connectivity index (χ0v) is 33.4. The molecule has 0 saturated heterocycles. The average molecular weight is 781 g/mol. The van der Waals surface area contributed by atoms with E-state index in [4.69, 9.17) is 4.98 Å². The first-order chi connectivity index (χ1) is 30.3. The lowest BCUT2D eigenvalue weighted by Crippen LogP contribution is -2.16. The fraction of sp³-hybridized carbons (Fsp3) is 0. The van der Waals surface area contributed by atoms with Gasteiger partial charge in [-0.2, -0.15) is 0 Å². The molecule has 288 valence electrons. The Labute approximate surface area is 356 Å². The van der Waals surface area contributed by atoms with Crippen molar-refractivity contribution >= 4 is 5.91 Å². The number of imidazole rings is 1. The molecule has 61 heavy (non-hydrogen) atoms. The van der Waals surface area contributed by atoms with E-state index in [9.17, 15) is 0 Å². The first-order valence-electron chi connectivity index (χ1n) is 20.6. The number of rotatable bonds is 9. The van der Waals surface area contributed by atoms with Crippen molar-refractivity contribution in [2.75, 3.05) is 0 Å². The van der Waals surface area contributed by atoms with Gasteiger partial charge < -0.3 is 0 Å². The van der Waals surface area contributed by atoms with Crippen LogP contribution in [0.5, 0.6) is 0 Å². The molecule has 0 radical (unpaired) electrons. The van der Waals surface area contributed by atoms with Crippen molar-refractivity contribution in [3.8, 4) is 89.5 Å². The van der Waals surface area contributed by atoms with Crippen LogP contribution in [0.2, 0.25) is 0 Å². The fourth-order valence-electron chi connectivity index (χ4n) is 8.60. The molecule has 10 rings (SSSR count). The van der Waals surface area contributed by atoms with Gasteiger partial charge in [-0.3, -0.25) is 9.36 Å². The SMILES string of the molecule is O=C(c1ccccc1)n1c(-c2c(-c3ccccc3)c(-c3ccccc3)c(-c3ccccc3)c(-c3ccccc3)c2-c2ccccc2)nc(-c2ccccc2)c1-c1ccccc1. The molecule has 9 aromatic carbocycles. The molecule has 0 atom stereocenters. The topological polar surface area (TPSA) is 34.9 Å². The summed E-state index contributed by atoms with van der Waals surface area (Å²) in [5.41, 5.74) is 15.0. The van der Waals surface area contributed by atoms with Gasteiger partial charge in [0.05, 0.1) is 11.4 Å². The van der Waals surface area contributed by atoms with Crippen molar-refractivity contribution in [3.63, 3.8) is 0 Å². The predicted octanol–water partition coefficient (Wildman–Crippen LogP) is 14.9. The number of hydrogen-bond donors (Lipinski definition) is 0. The van der Waals surface area contributed by atoms with E-state index >= 15 is 4.79 Å². The van der Waals surface area contributed by atoms with E-state index in [1.165, 1.54) is 0 Å². The van der Waals surface area contributed by atoms with Gasteiger partial charge in [-0.25, -0.2) is 4.98 Å². The Morgan fingerprint density at radius 1 is 0.295 bits per heavy atom. The molecule has 0 amide bonds. The third-order valence-corrected chi connectivity index (χ3v) is 11.2. The van der Waals surface area contributed by atoms with Gasteiger partial charge >= 0.3 is 0 Å². The molecule has 3 nitrogen and oxygen atoms in total. The average Bonchev–Trinajstić information content (AvgIpc) is 3.75. The summed E-state index contributed by atoms with van der Waals surface area (Å²) in [6, 6.07) is 83.2. The Balaban J connectivity index is 1.52. The minimum Gasteiger partial charge on any atom is -0.268 e. The summed E-state index contributed by atoms with van der Waals surface area (Å²) in [5.74, 6) is 0.384. The summed E-state index contributed by atoms with van der Waals surface area (Å²) < 4.78 is 1.88. The van der Waals surface area contributed by atoms with E-state index in [0.29, 0.717) is 11.4 Å². The number of benzene rings is 9. The minimum absolute atomic E-state index is 0.170. The zero-order valence-electron chi connectivity index (χ0n) is 33.4. The van der Waals surface area contributed by atoms with Crippen LogP contribution in [0.4, 0.5) is 0 Å². The third-order valence-electron chi connectivity index (χ3n) is 11.2. The Bertz CT molecular complexity index is 2970. The van der Waals surface area contributed by atoms with Crippen molar-refractivity contribution < 1.29 is 4.79 Å². The highest BCUT2D eigenvalue weighted by molar-refractivity contribution is 6.16. The van der Waals surface area contributed by atoms with E-state index < -0.39 is 0 Å². The maximum atomic E-state index is 15.7. The van der Waals surface area contributed by atoms with Gasteiger partial charge in [0, 0.05) is 33.4 Å². The Morgan fingerprint density at radius 3 is 0.885 bits per heavy atom. The lowest BCUT2D eigenvalue weighted by atomic mass is 9.75. The molecule has 0 aliphatic heterocycles. The Hall–Kier alpha value is -8.14. The van der Waals surface area contributed by atoms with Crippen molar-refractivity contribution in [1.29, 1.82) is 0 Å². The number of carbonyl (C=O) groups excluding carboxylic acids is 1. The lowest BCUT2D eigenvalue weighted by Gasteiger charge is -2.28. The molecule has 0 saturated carbocycles. The van der Waals surface area contributed by atoms with E-state index in [1.807, 2.05) is 71.3 Å². The molecule has 0 fully saturated rings. The highest BCUT2D eigenvalue weighted by atomic mass is 16.2. The van der Waals surface area contributed by atoms with Crippen LogP contribution in [0, 0.1) is 0 Å². The molecule has 0 spiro atoms. The standard InChI is InChI=1S/C58H40N2O/c61-58(48-39-23-8-24-40-48)60-56(47-37-21-7-22-38-47)55(46-35-19-6-20-36-46)59-57(60)54-52(44-31-15-4-16-32-44)50(42-27-11-2-12-28-42)49(41-25-9-1-10-26-41)51(43-29-13-3-14-30-43)53(54)45-33-17-5-18-34-45/h1-40H. The van der Waals surface area contributed by atoms with E-state index in [0.717, 1.165) is 83.7 Å².